The molecule has 34 heavy (non-hydrogen) atoms. The van der Waals surface area contributed by atoms with Gasteiger partial charge in [0, 0.05) is 5.56 Å². The first-order chi connectivity index (χ1) is 16.2. The van der Waals surface area contributed by atoms with E-state index in [1.807, 2.05) is 48.5 Å². The smallest absolute Gasteiger partial charge is 0.322 e. The number of aldehydes is 1. The van der Waals surface area contributed by atoms with Crippen LogP contribution in [0.5, 0.6) is 0 Å². The van der Waals surface area contributed by atoms with E-state index >= 15 is 0 Å². The third kappa shape index (κ3) is 6.62. The maximum absolute atomic E-state index is 13.0. The van der Waals surface area contributed by atoms with Gasteiger partial charge in [-0.2, -0.15) is 0 Å². The Bertz CT molecular complexity index is 1130. The first kappa shape index (κ1) is 24.9. The molecule has 0 aromatic heterocycles. The molecule has 0 amide bonds. The number of carbonyl (C=O) groups excluding carboxylic acids is 3. The second-order valence-corrected chi connectivity index (χ2v) is 9.00. The average molecular weight is 460 g/mol. The van der Waals surface area contributed by atoms with E-state index in [2.05, 4.69) is 0 Å². The highest BCUT2D eigenvalue weighted by Crippen LogP contribution is 2.28. The van der Waals surface area contributed by atoms with E-state index in [4.69, 9.17) is 15.2 Å². The molecule has 0 aliphatic carbocycles. The van der Waals surface area contributed by atoms with E-state index in [0.29, 0.717) is 11.1 Å². The van der Waals surface area contributed by atoms with Crippen LogP contribution >= 0.6 is 0 Å². The van der Waals surface area contributed by atoms with Gasteiger partial charge in [-0.1, -0.05) is 72.8 Å². The molecular formula is C28H29NO5. The fraction of sp³-hybridized carbons (Fsp3) is 0.250. The summed E-state index contributed by atoms with van der Waals surface area (Å²) in [6.07, 6.45) is 0.792. The Hall–Kier alpha value is -3.77. The molecule has 0 aliphatic heterocycles. The molecule has 0 radical (unpaired) electrons. The van der Waals surface area contributed by atoms with Crippen molar-refractivity contribution in [2.75, 3.05) is 0 Å². The van der Waals surface area contributed by atoms with Gasteiger partial charge in [0.1, 0.15) is 18.5 Å². The van der Waals surface area contributed by atoms with Gasteiger partial charge in [0.2, 0.25) is 0 Å². The van der Waals surface area contributed by atoms with Crippen LogP contribution in [0.15, 0.2) is 78.9 Å². The molecule has 0 heterocycles. The van der Waals surface area contributed by atoms with Crippen molar-refractivity contribution in [2.45, 2.75) is 39.0 Å². The molecule has 6 nitrogen and oxygen atoms in total. The van der Waals surface area contributed by atoms with Crippen molar-refractivity contribution < 1.29 is 23.9 Å². The van der Waals surface area contributed by atoms with Gasteiger partial charge in [0.15, 0.2) is 5.92 Å². The van der Waals surface area contributed by atoms with Crippen LogP contribution in [0.25, 0.3) is 11.1 Å². The maximum Gasteiger partial charge on any atom is 0.322 e. The normalized spacial score (nSPS) is 12.9. The van der Waals surface area contributed by atoms with E-state index in [9.17, 15) is 14.4 Å². The predicted molar refractivity (Wildman–Crippen MR) is 130 cm³/mol. The summed E-state index contributed by atoms with van der Waals surface area (Å²) in [5.41, 5.74) is 9.33. The quantitative estimate of drug-likeness (QED) is 0.293. The second-order valence-electron chi connectivity index (χ2n) is 9.00. The number of nitrogens with two attached hydrogens (primary N) is 1. The molecule has 3 aromatic rings. The fourth-order valence-corrected chi connectivity index (χ4v) is 3.45. The summed E-state index contributed by atoms with van der Waals surface area (Å²) in [4.78, 5) is 37.0. The van der Waals surface area contributed by atoms with Gasteiger partial charge in [0.25, 0.3) is 0 Å². The van der Waals surface area contributed by atoms with Crippen LogP contribution in [0.2, 0.25) is 0 Å². The molecule has 3 aromatic carbocycles. The Labute approximate surface area is 199 Å². The lowest BCUT2D eigenvalue weighted by molar-refractivity contribution is -0.171. The van der Waals surface area contributed by atoms with Crippen molar-refractivity contribution in [3.63, 3.8) is 0 Å². The van der Waals surface area contributed by atoms with Crippen molar-refractivity contribution in [3.8, 4) is 11.1 Å². The number of carbonyl (C=O) groups is 3. The fourth-order valence-electron chi connectivity index (χ4n) is 3.45. The number of benzene rings is 3. The molecule has 0 saturated heterocycles. The van der Waals surface area contributed by atoms with E-state index in [-0.39, 0.29) is 6.61 Å². The summed E-state index contributed by atoms with van der Waals surface area (Å²) in [5.74, 6) is -2.80. The summed E-state index contributed by atoms with van der Waals surface area (Å²) in [5, 5.41) is 0. The van der Waals surface area contributed by atoms with Crippen molar-refractivity contribution in [1.29, 1.82) is 0 Å². The van der Waals surface area contributed by atoms with Crippen LogP contribution in [0.3, 0.4) is 0 Å². The Kier molecular flexibility index (Phi) is 7.97. The molecule has 176 valence electrons. The van der Waals surface area contributed by atoms with Gasteiger partial charge < -0.3 is 15.2 Å². The van der Waals surface area contributed by atoms with Gasteiger partial charge in [-0.3, -0.25) is 14.4 Å². The topological polar surface area (TPSA) is 95.7 Å². The maximum atomic E-state index is 13.0. The molecule has 0 bridgehead atoms. The van der Waals surface area contributed by atoms with Gasteiger partial charge >= 0.3 is 11.9 Å². The lowest BCUT2D eigenvalue weighted by Crippen LogP contribution is -2.40. The molecule has 2 unspecified atom stereocenters. The number of esters is 2. The highest BCUT2D eigenvalue weighted by Gasteiger charge is 2.38. The zero-order valence-electron chi connectivity index (χ0n) is 19.6. The molecule has 2 N–H and O–H groups in total. The van der Waals surface area contributed by atoms with Gasteiger partial charge in [-0.15, -0.1) is 0 Å². The van der Waals surface area contributed by atoms with Crippen molar-refractivity contribution >= 4 is 18.2 Å². The largest absolute Gasteiger partial charge is 0.460 e. The molecule has 0 spiro atoms. The summed E-state index contributed by atoms with van der Waals surface area (Å²) in [6, 6.07) is 22.6. The van der Waals surface area contributed by atoms with Crippen molar-refractivity contribution in [3.05, 3.63) is 95.6 Å². The average Bonchev–Trinajstić information content (AvgIpc) is 2.82. The third-order valence-electron chi connectivity index (χ3n) is 5.15. The zero-order valence-corrected chi connectivity index (χ0v) is 19.6. The van der Waals surface area contributed by atoms with Crippen LogP contribution in [-0.2, 0) is 25.7 Å². The second kappa shape index (κ2) is 10.9. The Balaban J connectivity index is 1.83. The first-order valence-electron chi connectivity index (χ1n) is 11.0. The van der Waals surface area contributed by atoms with Crippen molar-refractivity contribution in [1.82, 2.24) is 0 Å². The lowest BCUT2D eigenvalue weighted by Gasteiger charge is -2.26. The Morgan fingerprint density at radius 2 is 1.56 bits per heavy atom. The minimum Gasteiger partial charge on any atom is -0.460 e. The predicted octanol–water partition coefficient (Wildman–Crippen LogP) is 4.87. The van der Waals surface area contributed by atoms with E-state index in [0.717, 1.165) is 23.0 Å². The molecular weight excluding hydrogens is 430 g/mol. The van der Waals surface area contributed by atoms with Crippen LogP contribution in [0.1, 0.15) is 48.3 Å². The van der Waals surface area contributed by atoms with Crippen molar-refractivity contribution in [2.24, 2.45) is 11.7 Å². The van der Waals surface area contributed by atoms with Crippen LogP contribution in [-0.4, -0.2) is 23.8 Å². The number of hydrogen-bond acceptors (Lipinski definition) is 6. The summed E-state index contributed by atoms with van der Waals surface area (Å²) in [7, 11) is 0. The molecule has 6 heteroatoms. The number of rotatable bonds is 8. The van der Waals surface area contributed by atoms with E-state index < -0.39 is 29.5 Å². The standard InChI is InChI=1S/C28H29NO5/c1-28(2,3)34-27(32)24(26(31)33-18-19-8-5-4-6-9-19)25(29)22-14-12-21(13-15-22)23-11-7-10-20(16-23)17-30/h4-17,24-25H,18,29H2,1-3H3. The van der Waals surface area contributed by atoms with Gasteiger partial charge in [-0.25, -0.2) is 0 Å². The number of ether oxygens (including phenoxy) is 2. The summed E-state index contributed by atoms with van der Waals surface area (Å²) < 4.78 is 10.9. The molecule has 3 rings (SSSR count). The number of hydrogen-bond donors (Lipinski definition) is 1. The minimum atomic E-state index is -1.33. The monoisotopic (exact) mass is 459 g/mol. The SMILES string of the molecule is CC(C)(C)OC(=O)C(C(=O)OCc1ccccc1)C(N)c1ccc(-c2cccc(C=O)c2)cc1. The van der Waals surface area contributed by atoms with Gasteiger partial charge in [-0.05, 0) is 49.1 Å². The first-order valence-corrected chi connectivity index (χ1v) is 11.0. The van der Waals surface area contributed by atoms with E-state index in [1.54, 1.807) is 51.1 Å². The highest BCUT2D eigenvalue weighted by atomic mass is 16.6. The third-order valence-corrected chi connectivity index (χ3v) is 5.15. The molecule has 0 saturated carbocycles. The summed E-state index contributed by atoms with van der Waals surface area (Å²) in [6.45, 7) is 5.21. The molecule has 2 atom stereocenters. The van der Waals surface area contributed by atoms with Crippen LogP contribution in [0, 0.1) is 5.92 Å². The molecule has 0 aliphatic rings. The zero-order chi connectivity index (χ0) is 24.7. The summed E-state index contributed by atoms with van der Waals surface area (Å²) >= 11 is 0. The van der Waals surface area contributed by atoms with Crippen LogP contribution in [0.4, 0.5) is 0 Å². The minimum absolute atomic E-state index is 0.0255. The molecule has 0 fully saturated rings. The Morgan fingerprint density at radius 1 is 0.882 bits per heavy atom. The Morgan fingerprint density at radius 3 is 2.18 bits per heavy atom. The highest BCUT2D eigenvalue weighted by molar-refractivity contribution is 5.96. The van der Waals surface area contributed by atoms with Crippen LogP contribution < -0.4 is 5.73 Å². The lowest BCUT2D eigenvalue weighted by atomic mass is 9.92. The van der Waals surface area contributed by atoms with E-state index in [1.165, 1.54) is 0 Å². The van der Waals surface area contributed by atoms with Gasteiger partial charge in [0.05, 0.1) is 6.04 Å².